The lowest BCUT2D eigenvalue weighted by Gasteiger charge is -2.27. The van der Waals surface area contributed by atoms with Gasteiger partial charge in [-0.1, -0.05) is 36.4 Å². The number of morpholine rings is 1. The molecule has 160 valence electrons. The van der Waals surface area contributed by atoms with E-state index in [2.05, 4.69) is 17.5 Å². The van der Waals surface area contributed by atoms with Crippen LogP contribution in [0.1, 0.15) is 5.56 Å². The first kappa shape index (κ1) is 20.9. The summed E-state index contributed by atoms with van der Waals surface area (Å²) in [6.07, 6.45) is 8.67. The summed E-state index contributed by atoms with van der Waals surface area (Å²) in [5, 5.41) is 3.01. The lowest BCUT2D eigenvalue weighted by atomic mass is 9.83. The molecule has 1 fully saturated rings. The topological polar surface area (TPSA) is 67.9 Å². The monoisotopic (exact) mass is 418 g/mol. The van der Waals surface area contributed by atoms with Crippen molar-refractivity contribution in [3.8, 4) is 5.75 Å². The van der Waals surface area contributed by atoms with Gasteiger partial charge < -0.3 is 19.7 Å². The molecule has 0 saturated carbocycles. The van der Waals surface area contributed by atoms with E-state index < -0.39 is 0 Å². The van der Waals surface area contributed by atoms with Gasteiger partial charge in [-0.15, -0.1) is 0 Å². The van der Waals surface area contributed by atoms with E-state index in [1.807, 2.05) is 60.7 Å². The van der Waals surface area contributed by atoms with Crippen molar-refractivity contribution in [3.05, 3.63) is 78.4 Å². The summed E-state index contributed by atoms with van der Waals surface area (Å²) in [4.78, 5) is 26.7. The Morgan fingerprint density at radius 1 is 1.16 bits per heavy atom. The maximum atomic E-state index is 13.0. The number of benzene rings is 2. The van der Waals surface area contributed by atoms with Crippen molar-refractivity contribution in [3.63, 3.8) is 0 Å². The van der Waals surface area contributed by atoms with Gasteiger partial charge in [0.1, 0.15) is 12.4 Å². The molecule has 1 N–H and O–H groups in total. The van der Waals surface area contributed by atoms with Gasteiger partial charge in [-0.3, -0.25) is 9.59 Å². The maximum Gasteiger partial charge on any atom is 0.253 e. The highest BCUT2D eigenvalue weighted by atomic mass is 16.5. The van der Waals surface area contributed by atoms with Gasteiger partial charge in [-0.2, -0.15) is 0 Å². The number of rotatable bonds is 6. The normalized spacial score (nSPS) is 20.5. The largest absolute Gasteiger partial charge is 0.497 e. The minimum Gasteiger partial charge on any atom is -0.497 e. The van der Waals surface area contributed by atoms with Gasteiger partial charge in [0, 0.05) is 17.9 Å². The third-order valence-corrected chi connectivity index (χ3v) is 5.59. The average molecular weight is 418 g/mol. The summed E-state index contributed by atoms with van der Waals surface area (Å²) in [5.41, 5.74) is 2.64. The Morgan fingerprint density at radius 3 is 2.74 bits per heavy atom. The second kappa shape index (κ2) is 9.62. The first-order valence-corrected chi connectivity index (χ1v) is 10.4. The molecule has 0 spiro atoms. The van der Waals surface area contributed by atoms with Crippen molar-refractivity contribution in [2.75, 3.05) is 37.1 Å². The number of hydrogen-bond donors (Lipinski definition) is 1. The third kappa shape index (κ3) is 5.03. The minimum atomic E-state index is -0.267. The van der Waals surface area contributed by atoms with Crippen LogP contribution in [-0.2, 0) is 20.7 Å². The Hall–Kier alpha value is -3.38. The number of allylic oxidation sites excluding steroid dienone is 3. The second-order valence-corrected chi connectivity index (χ2v) is 7.65. The molecule has 1 aliphatic heterocycles. The quantitative estimate of drug-likeness (QED) is 0.778. The highest BCUT2D eigenvalue weighted by Gasteiger charge is 2.26. The van der Waals surface area contributed by atoms with E-state index in [4.69, 9.17) is 9.47 Å². The Balaban J connectivity index is 1.42. The zero-order valence-corrected chi connectivity index (χ0v) is 17.5. The smallest absolute Gasteiger partial charge is 0.253 e. The average Bonchev–Trinajstić information content (AvgIpc) is 2.80. The van der Waals surface area contributed by atoms with Crippen LogP contribution in [-0.4, -0.2) is 38.7 Å². The molecule has 2 unspecified atom stereocenters. The van der Waals surface area contributed by atoms with E-state index in [1.54, 1.807) is 12.0 Å². The van der Waals surface area contributed by atoms with E-state index in [0.29, 0.717) is 18.8 Å². The van der Waals surface area contributed by atoms with Crippen LogP contribution < -0.4 is 15.0 Å². The molecule has 1 heterocycles. The molecule has 0 radical (unpaired) electrons. The molecule has 31 heavy (non-hydrogen) atoms. The zero-order valence-electron chi connectivity index (χ0n) is 17.5. The van der Waals surface area contributed by atoms with Crippen molar-refractivity contribution >= 4 is 23.2 Å². The highest BCUT2D eigenvalue weighted by molar-refractivity contribution is 5.96. The van der Waals surface area contributed by atoms with Crippen molar-refractivity contribution in [2.45, 2.75) is 6.42 Å². The summed E-state index contributed by atoms with van der Waals surface area (Å²) >= 11 is 0. The fourth-order valence-corrected chi connectivity index (χ4v) is 3.94. The number of anilines is 2. The summed E-state index contributed by atoms with van der Waals surface area (Å²) < 4.78 is 10.5. The van der Waals surface area contributed by atoms with E-state index >= 15 is 0 Å². The molecule has 0 aromatic heterocycles. The molecule has 2 atom stereocenters. The van der Waals surface area contributed by atoms with Gasteiger partial charge in [0.25, 0.3) is 5.91 Å². The van der Waals surface area contributed by atoms with Gasteiger partial charge >= 0.3 is 0 Å². The SMILES string of the molecule is COc1cccc(CC2C=CC=CC2C(=O)Nc2ccc(N3CCOCC3=O)cc2)c1. The van der Waals surface area contributed by atoms with Gasteiger partial charge in [0.05, 0.1) is 19.6 Å². The first-order chi connectivity index (χ1) is 15.1. The van der Waals surface area contributed by atoms with Gasteiger partial charge in [-0.25, -0.2) is 0 Å². The lowest BCUT2D eigenvalue weighted by molar-refractivity contribution is -0.125. The molecular weight excluding hydrogens is 392 g/mol. The molecule has 1 aliphatic carbocycles. The first-order valence-electron chi connectivity index (χ1n) is 10.4. The number of methoxy groups -OCH3 is 1. The molecule has 2 aromatic rings. The van der Waals surface area contributed by atoms with E-state index in [1.165, 1.54) is 0 Å². The molecular formula is C25H26N2O4. The Kier molecular flexibility index (Phi) is 6.48. The van der Waals surface area contributed by atoms with Crippen LogP contribution in [0.4, 0.5) is 11.4 Å². The molecule has 6 nitrogen and oxygen atoms in total. The van der Waals surface area contributed by atoms with E-state index in [-0.39, 0.29) is 30.3 Å². The van der Waals surface area contributed by atoms with E-state index in [0.717, 1.165) is 23.4 Å². The Morgan fingerprint density at radius 2 is 1.97 bits per heavy atom. The molecule has 0 bridgehead atoms. The van der Waals surface area contributed by atoms with Crippen LogP contribution in [0.3, 0.4) is 0 Å². The summed E-state index contributed by atoms with van der Waals surface area (Å²) in [7, 11) is 1.65. The van der Waals surface area contributed by atoms with Crippen molar-refractivity contribution in [1.82, 2.24) is 0 Å². The lowest BCUT2D eigenvalue weighted by Crippen LogP contribution is -2.41. The second-order valence-electron chi connectivity index (χ2n) is 7.65. The predicted molar refractivity (Wildman–Crippen MR) is 120 cm³/mol. The molecule has 6 heteroatoms. The highest BCUT2D eigenvalue weighted by Crippen LogP contribution is 2.27. The van der Waals surface area contributed by atoms with Crippen LogP contribution in [0.15, 0.2) is 72.8 Å². The van der Waals surface area contributed by atoms with Crippen LogP contribution in [0.5, 0.6) is 5.75 Å². The number of amides is 2. The van der Waals surface area contributed by atoms with E-state index in [9.17, 15) is 9.59 Å². The summed E-state index contributed by atoms with van der Waals surface area (Å²) in [5.74, 6) is 0.498. The van der Waals surface area contributed by atoms with Crippen LogP contribution >= 0.6 is 0 Å². The minimum absolute atomic E-state index is 0.0521. The molecule has 2 aromatic carbocycles. The molecule has 1 saturated heterocycles. The number of hydrogen-bond acceptors (Lipinski definition) is 4. The fourth-order valence-electron chi connectivity index (χ4n) is 3.94. The third-order valence-electron chi connectivity index (χ3n) is 5.59. The maximum absolute atomic E-state index is 13.0. The standard InChI is InChI=1S/C25H26N2O4/c1-30-22-7-4-5-18(16-22)15-19-6-2-3-8-23(19)25(29)26-20-9-11-21(12-10-20)27-13-14-31-17-24(27)28/h2-12,16,19,23H,13-15,17H2,1H3,(H,26,29). The van der Waals surface area contributed by atoms with Gasteiger partial charge in [0.2, 0.25) is 5.91 Å². The van der Waals surface area contributed by atoms with Crippen LogP contribution in [0.2, 0.25) is 0 Å². The van der Waals surface area contributed by atoms with Gasteiger partial charge in [-0.05, 0) is 54.3 Å². The molecule has 2 aliphatic rings. The zero-order chi connectivity index (χ0) is 21.6. The fraction of sp³-hybridized carbons (Fsp3) is 0.280. The van der Waals surface area contributed by atoms with Crippen LogP contribution in [0.25, 0.3) is 0 Å². The van der Waals surface area contributed by atoms with Crippen LogP contribution in [0, 0.1) is 11.8 Å². The Labute approximate surface area is 182 Å². The molecule has 2 amide bonds. The summed E-state index contributed by atoms with van der Waals surface area (Å²) in [6, 6.07) is 15.3. The van der Waals surface area contributed by atoms with Crippen molar-refractivity contribution < 1.29 is 19.1 Å². The predicted octanol–water partition coefficient (Wildman–Crippen LogP) is 3.60. The number of carbonyl (C=O) groups is 2. The van der Waals surface area contributed by atoms with Crippen molar-refractivity contribution in [1.29, 1.82) is 0 Å². The summed E-state index contributed by atoms with van der Waals surface area (Å²) in [6.45, 7) is 1.17. The molecule has 4 rings (SSSR count). The van der Waals surface area contributed by atoms with Gasteiger partial charge in [0.15, 0.2) is 0 Å². The Bertz CT molecular complexity index is 997. The van der Waals surface area contributed by atoms with Crippen molar-refractivity contribution in [2.24, 2.45) is 11.8 Å². The number of carbonyl (C=O) groups excluding carboxylic acids is 2. The number of ether oxygens (including phenoxy) is 2. The number of nitrogens with one attached hydrogen (secondary N) is 1. The number of nitrogens with zero attached hydrogens (tertiary/aromatic N) is 1.